The maximum absolute atomic E-state index is 11.8. The van der Waals surface area contributed by atoms with Gasteiger partial charge in [0.1, 0.15) is 5.60 Å². The molecule has 0 aliphatic heterocycles. The van der Waals surface area contributed by atoms with Crippen LogP contribution in [0.4, 0.5) is 10.5 Å². The van der Waals surface area contributed by atoms with Crippen molar-refractivity contribution in [1.82, 2.24) is 5.32 Å². The van der Waals surface area contributed by atoms with Crippen LogP contribution in [-0.2, 0) is 16.1 Å². The van der Waals surface area contributed by atoms with E-state index in [1.807, 2.05) is 20.8 Å². The van der Waals surface area contributed by atoms with E-state index >= 15 is 0 Å². The van der Waals surface area contributed by atoms with Gasteiger partial charge < -0.3 is 20.5 Å². The van der Waals surface area contributed by atoms with Crippen LogP contribution in [0.25, 0.3) is 0 Å². The standard InChI is InChI=1S/C18H28N2O4/c1-18(2,3)24-17(23)19-12-6-4-5-7-16(22)20-15-10-8-14(13-21)9-11-15/h8-11,21H,4-7,12-13H2,1-3H3,(H,19,23)(H,20,22). The smallest absolute Gasteiger partial charge is 0.407 e. The van der Waals surface area contributed by atoms with Gasteiger partial charge in [-0.15, -0.1) is 0 Å². The van der Waals surface area contributed by atoms with E-state index in [1.54, 1.807) is 24.3 Å². The number of ether oxygens (including phenoxy) is 1. The molecule has 1 aromatic rings. The Bertz CT molecular complexity index is 521. The van der Waals surface area contributed by atoms with Crippen LogP contribution in [-0.4, -0.2) is 29.3 Å². The third-order valence-corrected chi connectivity index (χ3v) is 3.17. The van der Waals surface area contributed by atoms with Gasteiger partial charge in [-0.25, -0.2) is 4.79 Å². The first-order valence-electron chi connectivity index (χ1n) is 8.26. The number of hydrogen-bond acceptors (Lipinski definition) is 4. The van der Waals surface area contributed by atoms with E-state index in [1.165, 1.54) is 0 Å². The Morgan fingerprint density at radius 1 is 1.08 bits per heavy atom. The average Bonchev–Trinajstić information content (AvgIpc) is 2.49. The van der Waals surface area contributed by atoms with Crippen LogP contribution in [0.5, 0.6) is 0 Å². The second-order valence-corrected chi connectivity index (χ2v) is 6.64. The number of carbonyl (C=O) groups excluding carboxylic acids is 2. The minimum atomic E-state index is -0.489. The number of aliphatic hydroxyl groups excluding tert-OH is 1. The second-order valence-electron chi connectivity index (χ2n) is 6.64. The maximum Gasteiger partial charge on any atom is 0.407 e. The van der Waals surface area contributed by atoms with Crippen LogP contribution in [0, 0.1) is 0 Å². The zero-order chi connectivity index (χ0) is 18.0. The Balaban J connectivity index is 2.10. The van der Waals surface area contributed by atoms with Crippen LogP contribution in [0.3, 0.4) is 0 Å². The number of aliphatic hydroxyl groups is 1. The highest BCUT2D eigenvalue weighted by atomic mass is 16.6. The molecule has 1 rings (SSSR count). The van der Waals surface area contributed by atoms with Gasteiger partial charge in [0.05, 0.1) is 6.61 Å². The summed E-state index contributed by atoms with van der Waals surface area (Å²) in [5, 5.41) is 14.5. The van der Waals surface area contributed by atoms with Gasteiger partial charge >= 0.3 is 6.09 Å². The first kappa shape index (κ1) is 20.0. The van der Waals surface area contributed by atoms with Crippen molar-refractivity contribution in [1.29, 1.82) is 0 Å². The molecule has 0 bridgehead atoms. The fraction of sp³-hybridized carbons (Fsp3) is 0.556. The first-order valence-corrected chi connectivity index (χ1v) is 8.26. The molecule has 0 saturated heterocycles. The molecule has 6 nitrogen and oxygen atoms in total. The molecule has 0 aliphatic carbocycles. The van der Waals surface area contributed by atoms with E-state index in [9.17, 15) is 9.59 Å². The zero-order valence-electron chi connectivity index (χ0n) is 14.7. The molecule has 0 atom stereocenters. The summed E-state index contributed by atoms with van der Waals surface area (Å²) >= 11 is 0. The minimum Gasteiger partial charge on any atom is -0.444 e. The molecule has 0 aliphatic rings. The molecule has 0 unspecified atom stereocenters. The van der Waals surface area contributed by atoms with Gasteiger partial charge in [-0.05, 0) is 51.3 Å². The number of amides is 2. The zero-order valence-corrected chi connectivity index (χ0v) is 14.7. The Morgan fingerprint density at radius 2 is 1.75 bits per heavy atom. The van der Waals surface area contributed by atoms with Gasteiger partial charge in [0, 0.05) is 18.7 Å². The lowest BCUT2D eigenvalue weighted by Crippen LogP contribution is -2.33. The predicted octanol–water partition coefficient (Wildman–Crippen LogP) is 3.20. The van der Waals surface area contributed by atoms with Crippen molar-refractivity contribution >= 4 is 17.7 Å². The molecule has 6 heteroatoms. The summed E-state index contributed by atoms with van der Waals surface area (Å²) in [7, 11) is 0. The number of alkyl carbamates (subject to hydrolysis) is 1. The number of anilines is 1. The SMILES string of the molecule is CC(C)(C)OC(=O)NCCCCCC(=O)Nc1ccc(CO)cc1. The molecule has 0 radical (unpaired) electrons. The third-order valence-electron chi connectivity index (χ3n) is 3.17. The molecule has 3 N–H and O–H groups in total. The topological polar surface area (TPSA) is 87.7 Å². The first-order chi connectivity index (χ1) is 11.3. The molecule has 24 heavy (non-hydrogen) atoms. The van der Waals surface area contributed by atoms with Crippen molar-refractivity contribution in [3.63, 3.8) is 0 Å². The summed E-state index contributed by atoms with van der Waals surface area (Å²) in [6.07, 6.45) is 2.45. The molecule has 134 valence electrons. The van der Waals surface area contributed by atoms with Gasteiger partial charge in [-0.1, -0.05) is 18.6 Å². The van der Waals surface area contributed by atoms with Crippen LogP contribution in [0.1, 0.15) is 52.0 Å². The van der Waals surface area contributed by atoms with Crippen molar-refractivity contribution in [2.45, 2.75) is 58.7 Å². The number of hydrogen-bond donors (Lipinski definition) is 3. The normalized spacial score (nSPS) is 11.0. The Morgan fingerprint density at radius 3 is 2.33 bits per heavy atom. The maximum atomic E-state index is 11.8. The number of unbranched alkanes of at least 4 members (excludes halogenated alkanes) is 2. The van der Waals surface area contributed by atoms with Gasteiger partial charge in [-0.2, -0.15) is 0 Å². The largest absolute Gasteiger partial charge is 0.444 e. The van der Waals surface area contributed by atoms with E-state index < -0.39 is 11.7 Å². The Hall–Kier alpha value is -2.08. The van der Waals surface area contributed by atoms with E-state index in [4.69, 9.17) is 9.84 Å². The molecule has 2 amide bonds. The summed E-state index contributed by atoms with van der Waals surface area (Å²) in [5.74, 6) is -0.0353. The summed E-state index contributed by atoms with van der Waals surface area (Å²) < 4.78 is 5.14. The van der Waals surface area contributed by atoms with Gasteiger partial charge in [0.15, 0.2) is 0 Å². The summed E-state index contributed by atoms with van der Waals surface area (Å²) in [5.41, 5.74) is 1.05. The highest BCUT2D eigenvalue weighted by Gasteiger charge is 2.15. The molecule has 0 spiro atoms. The number of nitrogens with one attached hydrogen (secondary N) is 2. The lowest BCUT2D eigenvalue weighted by atomic mass is 10.1. The van der Waals surface area contributed by atoms with Gasteiger partial charge in [0.2, 0.25) is 5.91 Å². The molecular formula is C18H28N2O4. The van der Waals surface area contributed by atoms with Crippen molar-refractivity contribution in [2.75, 3.05) is 11.9 Å². The average molecular weight is 336 g/mol. The van der Waals surface area contributed by atoms with E-state index in [2.05, 4.69) is 10.6 Å². The molecule has 0 heterocycles. The fourth-order valence-electron chi connectivity index (χ4n) is 2.01. The molecule has 1 aromatic carbocycles. The molecule has 0 fully saturated rings. The van der Waals surface area contributed by atoms with Crippen molar-refractivity contribution in [3.8, 4) is 0 Å². The van der Waals surface area contributed by atoms with Crippen LogP contribution in [0.2, 0.25) is 0 Å². The van der Waals surface area contributed by atoms with Crippen LogP contribution >= 0.6 is 0 Å². The summed E-state index contributed by atoms with van der Waals surface area (Å²) in [6.45, 7) is 6.00. The highest BCUT2D eigenvalue weighted by Crippen LogP contribution is 2.11. The van der Waals surface area contributed by atoms with Crippen molar-refractivity contribution in [3.05, 3.63) is 29.8 Å². The monoisotopic (exact) mass is 336 g/mol. The molecular weight excluding hydrogens is 308 g/mol. The Labute approximate surface area is 143 Å². The third kappa shape index (κ3) is 9.15. The Kier molecular flexibility index (Phi) is 8.26. The lowest BCUT2D eigenvalue weighted by Gasteiger charge is -2.19. The predicted molar refractivity (Wildman–Crippen MR) is 93.7 cm³/mol. The summed E-state index contributed by atoms with van der Waals surface area (Å²) in [4.78, 5) is 23.2. The van der Waals surface area contributed by atoms with Crippen molar-refractivity contribution < 1.29 is 19.4 Å². The van der Waals surface area contributed by atoms with Crippen molar-refractivity contribution in [2.24, 2.45) is 0 Å². The van der Waals surface area contributed by atoms with Crippen LogP contribution < -0.4 is 10.6 Å². The van der Waals surface area contributed by atoms with Gasteiger partial charge in [-0.3, -0.25) is 4.79 Å². The lowest BCUT2D eigenvalue weighted by molar-refractivity contribution is -0.116. The van der Waals surface area contributed by atoms with E-state index in [-0.39, 0.29) is 12.5 Å². The highest BCUT2D eigenvalue weighted by molar-refractivity contribution is 5.90. The second kappa shape index (κ2) is 9.93. The number of carbonyl (C=O) groups is 2. The number of benzene rings is 1. The number of rotatable bonds is 8. The van der Waals surface area contributed by atoms with Crippen LogP contribution in [0.15, 0.2) is 24.3 Å². The fourth-order valence-corrected chi connectivity index (χ4v) is 2.01. The molecule has 0 aromatic heterocycles. The molecule has 0 saturated carbocycles. The summed E-state index contributed by atoms with van der Waals surface area (Å²) in [6, 6.07) is 7.10. The minimum absolute atomic E-state index is 0.00838. The van der Waals surface area contributed by atoms with E-state index in [0.29, 0.717) is 13.0 Å². The van der Waals surface area contributed by atoms with Gasteiger partial charge in [0.25, 0.3) is 0 Å². The quantitative estimate of drug-likeness (QED) is 0.636. The van der Waals surface area contributed by atoms with E-state index in [0.717, 1.165) is 30.5 Å².